The predicted molar refractivity (Wildman–Crippen MR) is 202 cm³/mol. The standard InChI is InChI=1S/C40H45ClN2O9S/c1-5-49-39(46)40(26-45)13-15-43(25-40)14-8-16-50-36-12-7-11-34(28(36)3)33-10-6-9-30(27(33)2)24-52-38-19-37(31(22-44)18-35(38)41)51-23-29-17-32(21-42-20-29)53(4,47)48/h6-7,9-12,17-22,45H,5,8,13-16,23-26H2,1-4H3. The van der Waals surface area contributed by atoms with Gasteiger partial charge in [-0.25, -0.2) is 8.42 Å². The Hall–Kier alpha value is -4.49. The maximum atomic E-state index is 12.5. The number of nitrogens with zero attached hydrogens (tertiary/aromatic N) is 2. The van der Waals surface area contributed by atoms with Gasteiger partial charge in [0, 0.05) is 43.4 Å². The van der Waals surface area contributed by atoms with Gasteiger partial charge in [0.25, 0.3) is 0 Å². The summed E-state index contributed by atoms with van der Waals surface area (Å²) in [6.07, 6.45) is 5.84. The molecule has 1 saturated heterocycles. The zero-order valence-electron chi connectivity index (χ0n) is 30.4. The van der Waals surface area contributed by atoms with Gasteiger partial charge in [0.2, 0.25) is 0 Å². The number of hydrogen-bond donors (Lipinski definition) is 1. The van der Waals surface area contributed by atoms with Crippen molar-refractivity contribution in [2.24, 2.45) is 5.41 Å². The number of aromatic nitrogens is 1. The van der Waals surface area contributed by atoms with Crippen LogP contribution < -0.4 is 14.2 Å². The third-order valence-electron chi connectivity index (χ3n) is 9.51. The second-order valence-corrected chi connectivity index (χ2v) is 15.6. The molecule has 2 heterocycles. The van der Waals surface area contributed by atoms with E-state index in [9.17, 15) is 23.1 Å². The van der Waals surface area contributed by atoms with Crippen LogP contribution in [0.3, 0.4) is 0 Å². The van der Waals surface area contributed by atoms with E-state index in [0.717, 1.165) is 59.3 Å². The Morgan fingerprint density at radius 1 is 0.981 bits per heavy atom. The zero-order chi connectivity index (χ0) is 38.2. The first kappa shape index (κ1) is 39.7. The predicted octanol–water partition coefficient (Wildman–Crippen LogP) is 6.41. The van der Waals surface area contributed by atoms with Crippen molar-refractivity contribution in [1.29, 1.82) is 0 Å². The van der Waals surface area contributed by atoms with Crippen molar-refractivity contribution in [3.05, 3.63) is 99.8 Å². The highest BCUT2D eigenvalue weighted by Crippen LogP contribution is 2.36. The van der Waals surface area contributed by atoms with Crippen molar-refractivity contribution < 1.29 is 42.1 Å². The second-order valence-electron chi connectivity index (χ2n) is 13.2. The van der Waals surface area contributed by atoms with Crippen molar-refractivity contribution in [3.63, 3.8) is 0 Å². The van der Waals surface area contributed by atoms with Gasteiger partial charge in [-0.05, 0) is 86.2 Å². The molecule has 282 valence electrons. The molecule has 53 heavy (non-hydrogen) atoms. The van der Waals surface area contributed by atoms with E-state index in [2.05, 4.69) is 22.0 Å². The minimum atomic E-state index is -3.45. The van der Waals surface area contributed by atoms with Gasteiger partial charge < -0.3 is 29.0 Å². The Morgan fingerprint density at radius 3 is 2.43 bits per heavy atom. The minimum Gasteiger partial charge on any atom is -0.493 e. The lowest BCUT2D eigenvalue weighted by molar-refractivity contribution is -0.157. The molecule has 1 fully saturated rings. The van der Waals surface area contributed by atoms with Crippen LogP contribution in [0.15, 0.2) is 71.9 Å². The largest absolute Gasteiger partial charge is 0.493 e. The number of aliphatic hydroxyl groups is 1. The fraction of sp³-hybridized carbons (Fsp3) is 0.375. The Bertz CT molecular complexity index is 2060. The molecule has 1 aliphatic rings. The quantitative estimate of drug-likeness (QED) is 0.0725. The molecule has 1 N–H and O–H groups in total. The average Bonchev–Trinajstić information content (AvgIpc) is 3.58. The topological polar surface area (TPSA) is 142 Å². The molecule has 1 aliphatic heterocycles. The molecule has 0 radical (unpaired) electrons. The van der Waals surface area contributed by atoms with Crippen LogP contribution in [-0.4, -0.2) is 81.4 Å². The number of pyridine rings is 1. The highest BCUT2D eigenvalue weighted by molar-refractivity contribution is 7.90. The molecule has 0 saturated carbocycles. The molecule has 13 heteroatoms. The van der Waals surface area contributed by atoms with Crippen molar-refractivity contribution in [2.45, 2.75) is 51.7 Å². The first-order valence-corrected chi connectivity index (χ1v) is 19.7. The van der Waals surface area contributed by atoms with Crippen LogP contribution >= 0.6 is 11.6 Å². The molecule has 5 rings (SSSR count). The van der Waals surface area contributed by atoms with E-state index in [4.69, 9.17) is 30.5 Å². The lowest BCUT2D eigenvalue weighted by Gasteiger charge is -2.24. The first-order chi connectivity index (χ1) is 25.4. The summed E-state index contributed by atoms with van der Waals surface area (Å²) >= 11 is 6.51. The number of benzene rings is 3. The minimum absolute atomic E-state index is 0.0254. The molecule has 11 nitrogen and oxygen atoms in total. The Kier molecular flexibility index (Phi) is 13.2. The number of likely N-dealkylation sites (tertiary alicyclic amines) is 1. The van der Waals surface area contributed by atoms with Crippen molar-refractivity contribution in [3.8, 4) is 28.4 Å². The van der Waals surface area contributed by atoms with Crippen LogP contribution in [0.2, 0.25) is 5.02 Å². The molecule has 0 aliphatic carbocycles. The number of esters is 1. The summed E-state index contributed by atoms with van der Waals surface area (Å²) in [4.78, 5) is 30.5. The molecular formula is C40H45ClN2O9S. The summed E-state index contributed by atoms with van der Waals surface area (Å²) < 4.78 is 47.4. The van der Waals surface area contributed by atoms with Crippen molar-refractivity contribution in [1.82, 2.24) is 9.88 Å². The average molecular weight is 765 g/mol. The SMILES string of the molecule is CCOC(=O)C1(CO)CCN(CCCOc2cccc(-c3cccc(COc4cc(OCc5cncc(S(C)(=O)=O)c5)c(C=O)cc4Cl)c3C)c2C)C1. The summed E-state index contributed by atoms with van der Waals surface area (Å²) in [6.45, 7) is 8.52. The fourth-order valence-corrected chi connectivity index (χ4v) is 7.24. The number of carbonyl (C=O) groups is 2. The van der Waals surface area contributed by atoms with Crippen LogP contribution in [0, 0.1) is 19.3 Å². The summed E-state index contributed by atoms with van der Waals surface area (Å²) in [5.41, 5.74) is 4.91. The third-order valence-corrected chi connectivity index (χ3v) is 10.9. The monoisotopic (exact) mass is 764 g/mol. The van der Waals surface area contributed by atoms with E-state index in [1.807, 2.05) is 38.1 Å². The number of hydrogen-bond acceptors (Lipinski definition) is 11. The smallest absolute Gasteiger partial charge is 0.315 e. The number of ether oxygens (including phenoxy) is 4. The molecular weight excluding hydrogens is 720 g/mol. The van der Waals surface area contributed by atoms with E-state index in [1.165, 1.54) is 24.5 Å². The summed E-state index contributed by atoms with van der Waals surface area (Å²) in [7, 11) is -3.45. The van der Waals surface area contributed by atoms with Gasteiger partial charge in [-0.15, -0.1) is 0 Å². The molecule has 1 aromatic heterocycles. The van der Waals surface area contributed by atoms with Gasteiger partial charge in [-0.2, -0.15) is 0 Å². The van der Waals surface area contributed by atoms with Crippen LogP contribution in [-0.2, 0) is 32.6 Å². The van der Waals surface area contributed by atoms with Gasteiger partial charge in [0.05, 0.1) is 35.3 Å². The first-order valence-electron chi connectivity index (χ1n) is 17.4. The Labute approximate surface area is 315 Å². The molecule has 1 atom stereocenters. The number of rotatable bonds is 17. The summed E-state index contributed by atoms with van der Waals surface area (Å²) in [5.74, 6) is 1.01. The lowest BCUT2D eigenvalue weighted by atomic mass is 9.88. The van der Waals surface area contributed by atoms with Crippen molar-refractivity contribution in [2.75, 3.05) is 45.7 Å². The van der Waals surface area contributed by atoms with E-state index < -0.39 is 15.3 Å². The second kappa shape index (κ2) is 17.6. The molecule has 1 unspecified atom stereocenters. The summed E-state index contributed by atoms with van der Waals surface area (Å²) in [5, 5.41) is 10.2. The number of carbonyl (C=O) groups excluding carboxylic acids is 2. The molecule has 0 spiro atoms. The van der Waals surface area contributed by atoms with Gasteiger partial charge in [-0.1, -0.05) is 41.9 Å². The number of sulfone groups is 1. The van der Waals surface area contributed by atoms with Crippen LogP contribution in [0.1, 0.15) is 52.4 Å². The zero-order valence-corrected chi connectivity index (χ0v) is 32.0. The number of aldehydes is 1. The molecule has 3 aromatic carbocycles. The highest BCUT2D eigenvalue weighted by Gasteiger charge is 2.45. The van der Waals surface area contributed by atoms with E-state index in [-0.39, 0.29) is 47.0 Å². The lowest BCUT2D eigenvalue weighted by Crippen LogP contribution is -2.39. The molecule has 4 aromatic rings. The normalized spacial score (nSPS) is 16.0. The van der Waals surface area contributed by atoms with Crippen LogP contribution in [0.25, 0.3) is 11.1 Å². The number of halogens is 1. The van der Waals surface area contributed by atoms with Crippen LogP contribution in [0.4, 0.5) is 0 Å². The highest BCUT2D eigenvalue weighted by atomic mass is 35.5. The third kappa shape index (κ3) is 9.55. The van der Waals surface area contributed by atoms with E-state index in [1.54, 1.807) is 13.0 Å². The van der Waals surface area contributed by atoms with Gasteiger partial charge in [0.15, 0.2) is 16.1 Å². The fourth-order valence-electron chi connectivity index (χ4n) is 6.40. The van der Waals surface area contributed by atoms with Gasteiger partial charge in [0.1, 0.15) is 35.9 Å². The van der Waals surface area contributed by atoms with Gasteiger partial charge in [-0.3, -0.25) is 14.6 Å². The molecule has 0 bridgehead atoms. The van der Waals surface area contributed by atoms with Gasteiger partial charge >= 0.3 is 5.97 Å². The van der Waals surface area contributed by atoms with E-state index >= 15 is 0 Å². The van der Waals surface area contributed by atoms with Crippen molar-refractivity contribution >= 4 is 33.7 Å². The summed E-state index contributed by atoms with van der Waals surface area (Å²) in [6, 6.07) is 16.5. The van der Waals surface area contributed by atoms with E-state index in [0.29, 0.717) is 43.8 Å². The Balaban J connectivity index is 1.22. The maximum Gasteiger partial charge on any atom is 0.315 e. The number of aliphatic hydroxyl groups excluding tert-OH is 1. The Morgan fingerprint density at radius 2 is 1.72 bits per heavy atom. The maximum absolute atomic E-state index is 12.5. The van der Waals surface area contributed by atoms with Crippen LogP contribution in [0.5, 0.6) is 17.2 Å². The molecule has 0 amide bonds.